The number of carbonyl (C=O) groups excluding carboxylic acids is 2. The van der Waals surface area contributed by atoms with Crippen LogP contribution in [0.15, 0.2) is 102 Å². The van der Waals surface area contributed by atoms with Crippen LogP contribution < -0.4 is 20.7 Å². The van der Waals surface area contributed by atoms with E-state index < -0.39 is 0 Å². The number of hydrogen-bond donors (Lipinski definition) is 3. The lowest BCUT2D eigenvalue weighted by Gasteiger charge is -2.11. The van der Waals surface area contributed by atoms with Gasteiger partial charge in [-0.1, -0.05) is 36.4 Å². The molecule has 7 nitrogen and oxygen atoms in total. The molecule has 2 amide bonds. The average Bonchev–Trinajstić information content (AvgIpc) is 3.40. The number of ether oxygens (including phenoxy) is 1. The Bertz CT molecular complexity index is 1270. The minimum Gasteiger partial charge on any atom is -0.489 e. The molecule has 34 heavy (non-hydrogen) atoms. The number of furan rings is 1. The summed E-state index contributed by atoms with van der Waals surface area (Å²) in [6.07, 6.45) is 1.44. The number of amides is 2. The van der Waals surface area contributed by atoms with E-state index in [9.17, 15) is 9.59 Å². The van der Waals surface area contributed by atoms with Gasteiger partial charge < -0.3 is 19.8 Å². The van der Waals surface area contributed by atoms with Gasteiger partial charge in [0.25, 0.3) is 11.8 Å². The van der Waals surface area contributed by atoms with Crippen LogP contribution in [-0.2, 0) is 6.61 Å². The molecule has 0 fully saturated rings. The Morgan fingerprint density at radius 3 is 2.24 bits per heavy atom. The summed E-state index contributed by atoms with van der Waals surface area (Å²) in [5.74, 6) is 0.108. The zero-order chi connectivity index (χ0) is 23.8. The number of thiocarbonyl (C=S) groups is 1. The van der Waals surface area contributed by atoms with Crippen molar-refractivity contribution in [3.8, 4) is 5.75 Å². The van der Waals surface area contributed by atoms with Gasteiger partial charge in [0.2, 0.25) is 0 Å². The summed E-state index contributed by atoms with van der Waals surface area (Å²) in [5.41, 5.74) is 2.70. The first-order chi connectivity index (χ1) is 16.6. The van der Waals surface area contributed by atoms with Crippen LogP contribution in [0.25, 0.3) is 0 Å². The first-order valence-corrected chi connectivity index (χ1v) is 10.8. The van der Waals surface area contributed by atoms with Gasteiger partial charge in [0.15, 0.2) is 10.9 Å². The molecule has 0 spiro atoms. The lowest BCUT2D eigenvalue weighted by Crippen LogP contribution is -2.34. The lowest BCUT2D eigenvalue weighted by molar-refractivity contribution is 0.0974. The van der Waals surface area contributed by atoms with Crippen molar-refractivity contribution in [3.63, 3.8) is 0 Å². The Hall–Kier alpha value is -4.43. The molecular weight excluding hydrogens is 450 g/mol. The molecule has 0 unspecified atom stereocenters. The summed E-state index contributed by atoms with van der Waals surface area (Å²) < 4.78 is 10.9. The van der Waals surface area contributed by atoms with E-state index in [1.54, 1.807) is 60.7 Å². The highest BCUT2D eigenvalue weighted by Crippen LogP contribution is 2.17. The third-order valence-electron chi connectivity index (χ3n) is 4.72. The molecule has 0 aliphatic heterocycles. The second-order valence-corrected chi connectivity index (χ2v) is 7.63. The average molecular weight is 472 g/mol. The van der Waals surface area contributed by atoms with Crippen LogP contribution in [0, 0.1) is 0 Å². The Morgan fingerprint density at radius 1 is 0.794 bits per heavy atom. The van der Waals surface area contributed by atoms with Crippen LogP contribution in [0.1, 0.15) is 26.5 Å². The van der Waals surface area contributed by atoms with Gasteiger partial charge in [-0.3, -0.25) is 14.9 Å². The quantitative estimate of drug-likeness (QED) is 0.319. The summed E-state index contributed by atoms with van der Waals surface area (Å²) in [5, 5.41) is 8.48. The third kappa shape index (κ3) is 6.30. The summed E-state index contributed by atoms with van der Waals surface area (Å²) >= 11 is 5.26. The second kappa shape index (κ2) is 10.9. The highest BCUT2D eigenvalue weighted by Gasteiger charge is 2.11. The largest absolute Gasteiger partial charge is 0.489 e. The van der Waals surface area contributed by atoms with Crippen LogP contribution >= 0.6 is 12.2 Å². The van der Waals surface area contributed by atoms with Crippen molar-refractivity contribution >= 4 is 40.5 Å². The molecule has 0 radical (unpaired) electrons. The van der Waals surface area contributed by atoms with Crippen LogP contribution in [-0.4, -0.2) is 16.9 Å². The van der Waals surface area contributed by atoms with Gasteiger partial charge in [-0.2, -0.15) is 0 Å². The van der Waals surface area contributed by atoms with E-state index in [0.717, 1.165) is 5.56 Å². The van der Waals surface area contributed by atoms with Crippen molar-refractivity contribution in [2.75, 3.05) is 10.6 Å². The second-order valence-electron chi connectivity index (χ2n) is 7.22. The van der Waals surface area contributed by atoms with Crippen molar-refractivity contribution in [2.24, 2.45) is 0 Å². The molecule has 0 bridgehead atoms. The van der Waals surface area contributed by atoms with Crippen molar-refractivity contribution in [1.82, 2.24) is 5.32 Å². The van der Waals surface area contributed by atoms with Crippen molar-refractivity contribution in [1.29, 1.82) is 0 Å². The van der Waals surface area contributed by atoms with E-state index in [4.69, 9.17) is 21.4 Å². The fraction of sp³-hybridized carbons (Fsp3) is 0.0385. The molecule has 0 saturated carbocycles. The number of anilines is 2. The smallest absolute Gasteiger partial charge is 0.291 e. The summed E-state index contributed by atoms with van der Waals surface area (Å²) in [6, 6.07) is 26.8. The molecule has 3 N–H and O–H groups in total. The maximum atomic E-state index is 12.6. The van der Waals surface area contributed by atoms with Gasteiger partial charge in [-0.05, 0) is 72.4 Å². The van der Waals surface area contributed by atoms with Gasteiger partial charge in [-0.25, -0.2) is 0 Å². The zero-order valence-corrected chi connectivity index (χ0v) is 18.8. The van der Waals surface area contributed by atoms with Gasteiger partial charge in [0.1, 0.15) is 12.4 Å². The zero-order valence-electron chi connectivity index (χ0n) is 18.0. The van der Waals surface area contributed by atoms with Gasteiger partial charge >= 0.3 is 0 Å². The van der Waals surface area contributed by atoms with E-state index in [2.05, 4.69) is 16.0 Å². The topological polar surface area (TPSA) is 92.6 Å². The van der Waals surface area contributed by atoms with Crippen molar-refractivity contribution < 1.29 is 18.7 Å². The van der Waals surface area contributed by atoms with Gasteiger partial charge in [-0.15, -0.1) is 0 Å². The van der Waals surface area contributed by atoms with Gasteiger partial charge in [0.05, 0.1) is 6.26 Å². The molecular formula is C26H21N3O4S. The fourth-order valence-corrected chi connectivity index (χ4v) is 3.25. The summed E-state index contributed by atoms with van der Waals surface area (Å²) in [4.78, 5) is 24.6. The first kappa shape index (κ1) is 22.8. The maximum Gasteiger partial charge on any atom is 0.291 e. The highest BCUT2D eigenvalue weighted by molar-refractivity contribution is 7.80. The molecule has 170 valence electrons. The summed E-state index contributed by atoms with van der Waals surface area (Å²) in [7, 11) is 0. The molecule has 3 aromatic carbocycles. The number of nitrogens with one attached hydrogen (secondary N) is 3. The molecule has 0 aliphatic carbocycles. The standard InChI is InChI=1S/C26H21N3O4S/c30-24(19-8-4-9-22(16-19)33-17-18-6-2-1-3-7-18)29-26(34)28-21-13-11-20(12-14-21)27-25(31)23-10-5-15-32-23/h1-16H,17H2,(H,27,31)(H2,28,29,30,34). The maximum absolute atomic E-state index is 12.6. The van der Waals surface area contributed by atoms with Crippen molar-refractivity contribution in [3.05, 3.63) is 114 Å². The molecule has 0 aliphatic rings. The number of benzene rings is 3. The predicted molar refractivity (Wildman–Crippen MR) is 134 cm³/mol. The highest BCUT2D eigenvalue weighted by atomic mass is 32.1. The molecule has 1 heterocycles. The van der Waals surface area contributed by atoms with E-state index >= 15 is 0 Å². The van der Waals surface area contributed by atoms with Crippen LogP contribution in [0.2, 0.25) is 0 Å². The molecule has 0 saturated heterocycles. The molecule has 4 rings (SSSR count). The molecule has 8 heteroatoms. The van der Waals surface area contributed by atoms with Crippen molar-refractivity contribution in [2.45, 2.75) is 6.61 Å². The minimum absolute atomic E-state index is 0.146. The monoisotopic (exact) mass is 471 g/mol. The van der Waals surface area contributed by atoms with E-state index in [0.29, 0.717) is 29.3 Å². The SMILES string of the molecule is O=C(NC(=S)Nc1ccc(NC(=O)c2ccco2)cc1)c1cccc(OCc2ccccc2)c1. The summed E-state index contributed by atoms with van der Waals surface area (Å²) in [6.45, 7) is 0.407. The third-order valence-corrected chi connectivity index (χ3v) is 4.92. The molecule has 0 atom stereocenters. The number of rotatable bonds is 7. The Morgan fingerprint density at radius 2 is 1.53 bits per heavy atom. The molecule has 1 aromatic heterocycles. The fourth-order valence-electron chi connectivity index (χ4n) is 3.04. The Balaban J connectivity index is 1.29. The Labute approximate surface area is 201 Å². The normalized spacial score (nSPS) is 10.2. The van der Waals surface area contributed by atoms with E-state index in [1.165, 1.54) is 6.26 Å². The van der Waals surface area contributed by atoms with Gasteiger partial charge in [0, 0.05) is 16.9 Å². The minimum atomic E-state index is -0.356. The molecule has 4 aromatic rings. The van der Waals surface area contributed by atoms with Crippen LogP contribution in [0.5, 0.6) is 5.75 Å². The predicted octanol–water partition coefficient (Wildman–Crippen LogP) is 5.24. The Kier molecular flexibility index (Phi) is 7.32. The van der Waals surface area contributed by atoms with Crippen LogP contribution in [0.3, 0.4) is 0 Å². The number of hydrogen-bond acceptors (Lipinski definition) is 5. The van der Waals surface area contributed by atoms with E-state index in [-0.39, 0.29) is 22.7 Å². The number of carbonyl (C=O) groups is 2. The first-order valence-electron chi connectivity index (χ1n) is 10.4. The lowest BCUT2D eigenvalue weighted by atomic mass is 10.2. The van der Waals surface area contributed by atoms with E-state index in [1.807, 2.05) is 30.3 Å². The van der Waals surface area contributed by atoms with Crippen LogP contribution in [0.4, 0.5) is 11.4 Å².